The van der Waals surface area contributed by atoms with Crippen LogP contribution in [0.4, 0.5) is 0 Å². The quantitative estimate of drug-likeness (QED) is 0.856. The Kier molecular flexibility index (Phi) is 4.71. The van der Waals surface area contributed by atoms with Gasteiger partial charge in [0.15, 0.2) is 0 Å². The Morgan fingerprint density at radius 2 is 2.05 bits per heavy atom. The number of carbonyl (C=O) groups is 1. The first-order chi connectivity index (χ1) is 8.99. The molecule has 1 N–H and O–H groups in total. The summed E-state index contributed by atoms with van der Waals surface area (Å²) in [7, 11) is 0. The van der Waals surface area contributed by atoms with Crippen molar-refractivity contribution in [3.05, 3.63) is 22.6 Å². The van der Waals surface area contributed by atoms with Crippen LogP contribution in [0.2, 0.25) is 0 Å². The second-order valence-electron chi connectivity index (χ2n) is 5.55. The van der Waals surface area contributed by atoms with Gasteiger partial charge in [0.25, 0.3) is 5.91 Å². The average molecular weight is 328 g/mol. The summed E-state index contributed by atoms with van der Waals surface area (Å²) in [6.07, 6.45) is 4.87. The van der Waals surface area contributed by atoms with E-state index in [4.69, 9.17) is 4.42 Å². The number of halogens is 1. The predicted molar refractivity (Wildman–Crippen MR) is 79.9 cm³/mol. The van der Waals surface area contributed by atoms with Crippen LogP contribution in [-0.4, -0.2) is 17.3 Å². The minimum atomic E-state index is 0.00328. The Morgan fingerprint density at radius 3 is 2.63 bits per heavy atom. The lowest BCUT2D eigenvalue weighted by atomic mass is 9.89. The van der Waals surface area contributed by atoms with E-state index in [1.807, 2.05) is 20.8 Å². The molecule has 1 aromatic rings. The molecule has 106 valence electrons. The van der Waals surface area contributed by atoms with Gasteiger partial charge in [0.05, 0.1) is 5.56 Å². The van der Waals surface area contributed by atoms with E-state index in [-0.39, 0.29) is 5.91 Å². The van der Waals surface area contributed by atoms with E-state index in [9.17, 15) is 4.79 Å². The monoisotopic (exact) mass is 327 g/mol. The van der Waals surface area contributed by atoms with E-state index in [1.54, 1.807) is 0 Å². The lowest BCUT2D eigenvalue weighted by molar-refractivity contribution is 0.0942. The second-order valence-corrected chi connectivity index (χ2v) is 6.85. The molecule has 1 aromatic heterocycles. The summed E-state index contributed by atoms with van der Waals surface area (Å²) in [5.74, 6) is 2.15. The summed E-state index contributed by atoms with van der Waals surface area (Å²) in [5.41, 5.74) is 1.67. The molecule has 0 spiro atoms. The normalized spacial score (nSPS) is 23.4. The highest BCUT2D eigenvalue weighted by Gasteiger charge is 2.22. The lowest BCUT2D eigenvalue weighted by Gasteiger charge is -2.25. The topological polar surface area (TPSA) is 42.2 Å². The zero-order valence-electron chi connectivity index (χ0n) is 11.9. The average Bonchev–Trinajstić information content (AvgIpc) is 2.61. The van der Waals surface area contributed by atoms with Crippen LogP contribution in [-0.2, 0) is 0 Å². The number of amides is 1. The highest BCUT2D eigenvalue weighted by Crippen LogP contribution is 2.28. The first-order valence-corrected chi connectivity index (χ1v) is 7.89. The third-order valence-electron chi connectivity index (χ3n) is 4.06. The molecule has 4 heteroatoms. The van der Waals surface area contributed by atoms with Crippen LogP contribution in [0, 0.1) is 26.7 Å². The van der Waals surface area contributed by atoms with Crippen molar-refractivity contribution in [1.82, 2.24) is 5.32 Å². The van der Waals surface area contributed by atoms with Gasteiger partial charge in [0, 0.05) is 16.9 Å². The molecule has 3 nitrogen and oxygen atoms in total. The number of carbonyl (C=O) groups excluding carboxylic acids is 1. The molecule has 0 bridgehead atoms. The molecule has 0 radical (unpaired) electrons. The van der Waals surface area contributed by atoms with Crippen LogP contribution in [0.1, 0.15) is 53.1 Å². The van der Waals surface area contributed by atoms with Crippen molar-refractivity contribution in [2.24, 2.45) is 5.92 Å². The molecular weight excluding hydrogens is 306 g/mol. The Bertz CT molecular complexity index is 467. The van der Waals surface area contributed by atoms with Crippen LogP contribution < -0.4 is 5.32 Å². The predicted octanol–water partition coefficient (Wildman–Crippen LogP) is 3.89. The minimum Gasteiger partial charge on any atom is -0.466 e. The Morgan fingerprint density at radius 1 is 1.32 bits per heavy atom. The Balaban J connectivity index is 1.94. The van der Waals surface area contributed by atoms with Gasteiger partial charge in [0.1, 0.15) is 11.5 Å². The molecule has 2 atom stereocenters. The molecule has 0 aromatic carbocycles. The van der Waals surface area contributed by atoms with Crippen molar-refractivity contribution in [3.8, 4) is 0 Å². The molecule has 2 unspecified atom stereocenters. The Labute approximate surface area is 123 Å². The highest BCUT2D eigenvalue weighted by molar-refractivity contribution is 9.09. The second kappa shape index (κ2) is 6.12. The largest absolute Gasteiger partial charge is 0.466 e. The van der Waals surface area contributed by atoms with Gasteiger partial charge in [-0.25, -0.2) is 0 Å². The maximum atomic E-state index is 12.2. The molecular formula is C15H22BrNO2. The summed E-state index contributed by atoms with van der Waals surface area (Å²) in [4.78, 5) is 12.9. The molecule has 1 heterocycles. The molecule has 1 amide bonds. The number of rotatable bonds is 3. The summed E-state index contributed by atoms with van der Waals surface area (Å²) < 4.78 is 5.51. The lowest BCUT2D eigenvalue weighted by Crippen LogP contribution is -2.32. The van der Waals surface area contributed by atoms with Crippen molar-refractivity contribution < 1.29 is 9.21 Å². The van der Waals surface area contributed by atoms with E-state index in [0.29, 0.717) is 16.3 Å². The van der Waals surface area contributed by atoms with E-state index < -0.39 is 0 Å². The van der Waals surface area contributed by atoms with Gasteiger partial charge >= 0.3 is 0 Å². The van der Waals surface area contributed by atoms with Gasteiger partial charge in [-0.2, -0.15) is 0 Å². The number of hydrogen-bond donors (Lipinski definition) is 1. The number of furan rings is 1. The number of alkyl halides is 1. The van der Waals surface area contributed by atoms with Gasteiger partial charge in [-0.15, -0.1) is 0 Å². The molecule has 0 aliphatic heterocycles. The zero-order valence-corrected chi connectivity index (χ0v) is 13.5. The summed E-state index contributed by atoms with van der Waals surface area (Å²) in [6.45, 7) is 6.46. The number of aryl methyl sites for hydroxylation is 2. The molecule has 19 heavy (non-hydrogen) atoms. The van der Waals surface area contributed by atoms with E-state index >= 15 is 0 Å². The fraction of sp³-hybridized carbons (Fsp3) is 0.667. The maximum Gasteiger partial charge on any atom is 0.255 e. The molecule has 1 aliphatic carbocycles. The molecule has 0 saturated heterocycles. The smallest absolute Gasteiger partial charge is 0.255 e. The van der Waals surface area contributed by atoms with Crippen LogP contribution in [0.15, 0.2) is 4.42 Å². The fourth-order valence-corrected chi connectivity index (χ4v) is 3.72. The minimum absolute atomic E-state index is 0.00328. The van der Waals surface area contributed by atoms with Gasteiger partial charge < -0.3 is 9.73 Å². The zero-order chi connectivity index (χ0) is 14.0. The van der Waals surface area contributed by atoms with Crippen molar-refractivity contribution in [3.63, 3.8) is 0 Å². The summed E-state index contributed by atoms with van der Waals surface area (Å²) >= 11 is 3.68. The van der Waals surface area contributed by atoms with Crippen molar-refractivity contribution in [2.75, 3.05) is 6.54 Å². The van der Waals surface area contributed by atoms with Crippen LogP contribution >= 0.6 is 15.9 Å². The van der Waals surface area contributed by atoms with Gasteiger partial charge in [0.2, 0.25) is 0 Å². The van der Waals surface area contributed by atoms with E-state index in [0.717, 1.165) is 30.0 Å². The molecule has 1 fully saturated rings. The first-order valence-electron chi connectivity index (χ1n) is 6.98. The molecule has 2 rings (SSSR count). The van der Waals surface area contributed by atoms with Crippen molar-refractivity contribution >= 4 is 21.8 Å². The van der Waals surface area contributed by atoms with Crippen LogP contribution in [0.25, 0.3) is 0 Å². The summed E-state index contributed by atoms with van der Waals surface area (Å²) in [5, 5.41) is 3.06. The Hall–Kier alpha value is -0.770. The van der Waals surface area contributed by atoms with Gasteiger partial charge in [-0.1, -0.05) is 22.4 Å². The standard InChI is InChI=1S/C15H22BrNO2/c1-9-10(2)19-11(3)14(9)15(18)17-8-12-5-4-6-13(16)7-12/h12-13H,4-8H2,1-3H3,(H,17,18). The van der Waals surface area contributed by atoms with Crippen LogP contribution in [0.5, 0.6) is 0 Å². The van der Waals surface area contributed by atoms with Crippen molar-refractivity contribution in [1.29, 1.82) is 0 Å². The van der Waals surface area contributed by atoms with Crippen molar-refractivity contribution in [2.45, 2.75) is 51.3 Å². The van der Waals surface area contributed by atoms with E-state index in [1.165, 1.54) is 19.3 Å². The molecule has 1 saturated carbocycles. The third kappa shape index (κ3) is 3.41. The number of hydrogen-bond acceptors (Lipinski definition) is 2. The van der Waals surface area contributed by atoms with Gasteiger partial charge in [-0.05, 0) is 46.0 Å². The first kappa shape index (κ1) is 14.6. The van der Waals surface area contributed by atoms with Crippen LogP contribution in [0.3, 0.4) is 0 Å². The maximum absolute atomic E-state index is 12.2. The fourth-order valence-electron chi connectivity index (χ4n) is 2.86. The number of nitrogens with one attached hydrogen (secondary N) is 1. The van der Waals surface area contributed by atoms with Gasteiger partial charge in [-0.3, -0.25) is 4.79 Å². The third-order valence-corrected chi connectivity index (χ3v) is 4.89. The highest BCUT2D eigenvalue weighted by atomic mass is 79.9. The van der Waals surface area contributed by atoms with E-state index in [2.05, 4.69) is 21.2 Å². The summed E-state index contributed by atoms with van der Waals surface area (Å²) in [6, 6.07) is 0. The SMILES string of the molecule is Cc1oc(C)c(C(=O)NCC2CCCC(Br)C2)c1C. The molecule has 1 aliphatic rings.